The molecule has 0 heterocycles. The predicted molar refractivity (Wildman–Crippen MR) is 155 cm³/mol. The van der Waals surface area contributed by atoms with Gasteiger partial charge in [0.15, 0.2) is 0 Å². The fourth-order valence-electron chi connectivity index (χ4n) is 6.12. The molecule has 0 aromatic heterocycles. The van der Waals surface area contributed by atoms with Gasteiger partial charge in [-0.25, -0.2) is 0 Å². The van der Waals surface area contributed by atoms with Gasteiger partial charge in [0.05, 0.1) is 0 Å². The van der Waals surface area contributed by atoms with Crippen LogP contribution in [0.1, 0.15) is 121 Å². The van der Waals surface area contributed by atoms with Gasteiger partial charge in [-0.15, -0.1) is 0 Å². The van der Waals surface area contributed by atoms with E-state index in [9.17, 15) is 0 Å². The molecule has 0 saturated heterocycles. The summed E-state index contributed by atoms with van der Waals surface area (Å²) in [5.74, 6) is 1.83. The fourth-order valence-corrected chi connectivity index (χ4v) is 6.12. The molecule has 35 heavy (non-hydrogen) atoms. The Kier molecular flexibility index (Phi) is 10.3. The number of hydrogen-bond donors (Lipinski definition) is 0. The third-order valence-corrected chi connectivity index (χ3v) is 8.57. The second-order valence-corrected chi connectivity index (χ2v) is 11.2. The largest absolute Gasteiger partial charge is 0.0804 e. The summed E-state index contributed by atoms with van der Waals surface area (Å²) in [5.41, 5.74) is 8.64. The van der Waals surface area contributed by atoms with Crippen molar-refractivity contribution < 1.29 is 0 Å². The molecule has 0 amide bonds. The van der Waals surface area contributed by atoms with Crippen molar-refractivity contribution in [3.8, 4) is 11.1 Å². The predicted octanol–water partition coefficient (Wildman–Crippen LogP) is 11.3. The SMILES string of the molecule is CCCCCCC1CC=C(c2ccc(-c3ccc(C4=CCC(CCCCC)CC4)cc3)cc2)CC1. The van der Waals surface area contributed by atoms with Crippen LogP contribution >= 0.6 is 0 Å². The summed E-state index contributed by atoms with van der Waals surface area (Å²) in [6.45, 7) is 4.60. The molecular weight excluding hydrogens is 420 g/mol. The van der Waals surface area contributed by atoms with Gasteiger partial charge in [-0.05, 0) is 83.8 Å². The first kappa shape index (κ1) is 26.0. The van der Waals surface area contributed by atoms with Crippen molar-refractivity contribution in [1.82, 2.24) is 0 Å². The summed E-state index contributed by atoms with van der Waals surface area (Å²) < 4.78 is 0. The standard InChI is InChI=1S/C35H48/c1-3-5-7-9-11-29-14-18-31(19-15-29)33-22-26-35(27-23-33)34-24-20-32(21-25-34)30-16-12-28(13-17-30)10-8-6-4-2/h16,18,20-29H,3-15,17,19H2,1-2H3. The second-order valence-electron chi connectivity index (χ2n) is 11.2. The highest BCUT2D eigenvalue weighted by Crippen LogP contribution is 2.35. The molecule has 2 unspecified atom stereocenters. The summed E-state index contributed by atoms with van der Waals surface area (Å²) in [4.78, 5) is 0. The number of benzene rings is 2. The first-order valence-corrected chi connectivity index (χ1v) is 14.9. The Hall–Kier alpha value is -2.08. The van der Waals surface area contributed by atoms with Gasteiger partial charge in [0.1, 0.15) is 0 Å². The van der Waals surface area contributed by atoms with Crippen LogP contribution in [0.5, 0.6) is 0 Å². The molecule has 0 N–H and O–H groups in total. The van der Waals surface area contributed by atoms with E-state index in [1.54, 1.807) is 11.1 Å². The average Bonchev–Trinajstić information content (AvgIpc) is 2.92. The van der Waals surface area contributed by atoms with Gasteiger partial charge in [0.2, 0.25) is 0 Å². The van der Waals surface area contributed by atoms with E-state index in [-0.39, 0.29) is 0 Å². The lowest BCUT2D eigenvalue weighted by Crippen LogP contribution is -2.05. The highest BCUT2D eigenvalue weighted by atomic mass is 14.2. The minimum absolute atomic E-state index is 0.916. The van der Waals surface area contributed by atoms with Crippen molar-refractivity contribution in [3.05, 3.63) is 71.8 Å². The topological polar surface area (TPSA) is 0 Å². The zero-order valence-corrected chi connectivity index (χ0v) is 22.5. The normalized spacial score (nSPS) is 20.4. The molecule has 0 saturated carbocycles. The monoisotopic (exact) mass is 468 g/mol. The fraction of sp³-hybridized carbons (Fsp3) is 0.543. The quantitative estimate of drug-likeness (QED) is 0.272. The van der Waals surface area contributed by atoms with Gasteiger partial charge in [0, 0.05) is 0 Å². The van der Waals surface area contributed by atoms with Crippen molar-refractivity contribution in [2.45, 2.75) is 110 Å². The Morgan fingerprint density at radius 3 is 1.31 bits per heavy atom. The van der Waals surface area contributed by atoms with Crippen molar-refractivity contribution in [3.63, 3.8) is 0 Å². The number of unbranched alkanes of at least 4 members (excludes halogenated alkanes) is 5. The Balaban J connectivity index is 1.29. The van der Waals surface area contributed by atoms with E-state index in [4.69, 9.17) is 0 Å². The molecule has 0 bridgehead atoms. The minimum Gasteiger partial charge on any atom is -0.0804 e. The maximum atomic E-state index is 2.53. The van der Waals surface area contributed by atoms with Crippen molar-refractivity contribution in [1.29, 1.82) is 0 Å². The summed E-state index contributed by atoms with van der Waals surface area (Å²) >= 11 is 0. The molecule has 0 fully saturated rings. The Morgan fingerprint density at radius 1 is 0.514 bits per heavy atom. The molecule has 0 radical (unpaired) electrons. The molecule has 2 aromatic carbocycles. The maximum absolute atomic E-state index is 2.53. The summed E-state index contributed by atoms with van der Waals surface area (Å²) in [6.07, 6.45) is 25.4. The third-order valence-electron chi connectivity index (χ3n) is 8.57. The molecule has 0 aliphatic heterocycles. The number of rotatable bonds is 12. The summed E-state index contributed by atoms with van der Waals surface area (Å²) in [7, 11) is 0. The molecular formula is C35H48. The van der Waals surface area contributed by atoms with Crippen LogP contribution in [0.15, 0.2) is 60.7 Å². The van der Waals surface area contributed by atoms with Crippen LogP contribution in [-0.4, -0.2) is 0 Å². The van der Waals surface area contributed by atoms with Crippen LogP contribution in [0.3, 0.4) is 0 Å². The van der Waals surface area contributed by atoms with E-state index < -0.39 is 0 Å². The van der Waals surface area contributed by atoms with Gasteiger partial charge < -0.3 is 0 Å². The van der Waals surface area contributed by atoms with Crippen LogP contribution in [0, 0.1) is 11.8 Å². The molecule has 2 aliphatic carbocycles. The lowest BCUT2D eigenvalue weighted by molar-refractivity contribution is 0.425. The molecule has 2 aromatic rings. The van der Waals surface area contributed by atoms with E-state index in [0.717, 1.165) is 11.8 Å². The first-order valence-electron chi connectivity index (χ1n) is 14.9. The minimum atomic E-state index is 0.916. The first-order chi connectivity index (χ1) is 17.3. The second kappa shape index (κ2) is 13.9. The van der Waals surface area contributed by atoms with E-state index >= 15 is 0 Å². The van der Waals surface area contributed by atoms with Crippen LogP contribution in [-0.2, 0) is 0 Å². The van der Waals surface area contributed by atoms with Crippen molar-refractivity contribution in [2.75, 3.05) is 0 Å². The molecule has 0 spiro atoms. The highest BCUT2D eigenvalue weighted by Gasteiger charge is 2.16. The molecule has 4 rings (SSSR count). The van der Waals surface area contributed by atoms with E-state index in [2.05, 4.69) is 74.5 Å². The van der Waals surface area contributed by atoms with Crippen LogP contribution in [0.2, 0.25) is 0 Å². The molecule has 0 nitrogen and oxygen atoms in total. The number of allylic oxidation sites excluding steroid dienone is 4. The van der Waals surface area contributed by atoms with Crippen molar-refractivity contribution >= 4 is 11.1 Å². The Bertz CT molecular complexity index is 941. The van der Waals surface area contributed by atoms with Gasteiger partial charge in [-0.1, -0.05) is 132 Å². The average molecular weight is 469 g/mol. The lowest BCUT2D eigenvalue weighted by atomic mass is 9.83. The molecule has 2 aliphatic rings. The van der Waals surface area contributed by atoms with E-state index in [0.29, 0.717) is 0 Å². The van der Waals surface area contributed by atoms with Gasteiger partial charge in [-0.2, -0.15) is 0 Å². The smallest absolute Gasteiger partial charge is 0.0184 e. The summed E-state index contributed by atoms with van der Waals surface area (Å²) in [5, 5.41) is 0. The third kappa shape index (κ3) is 7.70. The zero-order valence-electron chi connectivity index (χ0n) is 22.5. The Morgan fingerprint density at radius 2 is 0.914 bits per heavy atom. The van der Waals surface area contributed by atoms with Gasteiger partial charge in [-0.3, -0.25) is 0 Å². The lowest BCUT2D eigenvalue weighted by Gasteiger charge is -2.22. The van der Waals surface area contributed by atoms with Crippen LogP contribution in [0.4, 0.5) is 0 Å². The molecule has 188 valence electrons. The van der Waals surface area contributed by atoms with Crippen molar-refractivity contribution in [2.24, 2.45) is 11.8 Å². The number of hydrogen-bond acceptors (Lipinski definition) is 0. The van der Waals surface area contributed by atoms with E-state index in [1.165, 1.54) is 119 Å². The van der Waals surface area contributed by atoms with Crippen LogP contribution in [0.25, 0.3) is 22.3 Å². The zero-order chi connectivity index (χ0) is 24.3. The Labute approximate surface area is 215 Å². The van der Waals surface area contributed by atoms with Gasteiger partial charge in [0.25, 0.3) is 0 Å². The highest BCUT2D eigenvalue weighted by molar-refractivity contribution is 5.73. The van der Waals surface area contributed by atoms with E-state index in [1.807, 2.05) is 0 Å². The maximum Gasteiger partial charge on any atom is -0.0184 e. The summed E-state index contributed by atoms with van der Waals surface area (Å²) in [6, 6.07) is 18.7. The van der Waals surface area contributed by atoms with Crippen LogP contribution < -0.4 is 0 Å². The molecule has 2 atom stereocenters. The molecule has 0 heteroatoms. The van der Waals surface area contributed by atoms with Gasteiger partial charge >= 0.3 is 0 Å².